The number of rotatable bonds is 11. The Morgan fingerprint density at radius 2 is 1.61 bits per heavy atom. The van der Waals surface area contributed by atoms with Gasteiger partial charge in [0.1, 0.15) is 22.6 Å². The molecule has 168 valence electrons. The number of hydrogen-bond donors (Lipinski definition) is 0. The van der Waals surface area contributed by atoms with Crippen LogP contribution in [-0.2, 0) is 4.74 Å². The standard InChI is InChI=1S/C22H22Cl4O5/c1-14(2)31-16-6-4-15(5-7-16)22(27)30-10-3-9-29-21-18(23)12-17(13-19(21)24)28-11-8-20(25)26/h4-8,12-14H,3,9-11H2,1-2H3. The molecule has 2 rings (SSSR count). The third-order valence-electron chi connectivity index (χ3n) is 3.69. The van der Waals surface area contributed by atoms with Crippen LogP contribution in [-0.4, -0.2) is 31.9 Å². The Morgan fingerprint density at radius 3 is 2.19 bits per heavy atom. The first-order valence-electron chi connectivity index (χ1n) is 9.46. The van der Waals surface area contributed by atoms with Crippen LogP contribution in [0.3, 0.4) is 0 Å². The largest absolute Gasteiger partial charge is 0.491 e. The molecular weight excluding hydrogens is 486 g/mol. The van der Waals surface area contributed by atoms with Gasteiger partial charge in [0.05, 0.1) is 34.9 Å². The molecule has 0 amide bonds. The van der Waals surface area contributed by atoms with E-state index < -0.39 is 5.97 Å². The summed E-state index contributed by atoms with van der Waals surface area (Å²) in [6, 6.07) is 9.94. The summed E-state index contributed by atoms with van der Waals surface area (Å²) in [5, 5.41) is 0.591. The molecule has 0 aliphatic carbocycles. The van der Waals surface area contributed by atoms with Gasteiger partial charge < -0.3 is 18.9 Å². The van der Waals surface area contributed by atoms with Crippen LogP contribution in [0.2, 0.25) is 10.0 Å². The Kier molecular flexibility index (Phi) is 10.6. The Bertz CT molecular complexity index is 870. The fraction of sp³-hybridized carbons (Fsp3) is 0.318. The van der Waals surface area contributed by atoms with Crippen LogP contribution >= 0.6 is 46.4 Å². The zero-order valence-corrected chi connectivity index (χ0v) is 20.0. The lowest BCUT2D eigenvalue weighted by atomic mass is 10.2. The lowest BCUT2D eigenvalue weighted by molar-refractivity contribution is 0.0486. The second-order valence-electron chi connectivity index (χ2n) is 6.55. The quantitative estimate of drug-likeness (QED) is 0.239. The van der Waals surface area contributed by atoms with E-state index in [0.717, 1.165) is 0 Å². The van der Waals surface area contributed by atoms with Crippen molar-refractivity contribution < 1.29 is 23.7 Å². The van der Waals surface area contributed by atoms with E-state index >= 15 is 0 Å². The van der Waals surface area contributed by atoms with Gasteiger partial charge in [-0.1, -0.05) is 46.4 Å². The average Bonchev–Trinajstić information content (AvgIpc) is 2.69. The molecule has 0 radical (unpaired) electrons. The molecule has 0 N–H and O–H groups in total. The molecule has 0 aromatic heterocycles. The topological polar surface area (TPSA) is 54.0 Å². The van der Waals surface area contributed by atoms with E-state index in [0.29, 0.717) is 39.3 Å². The lowest BCUT2D eigenvalue weighted by Gasteiger charge is -2.12. The maximum absolute atomic E-state index is 12.1. The Hall–Kier alpha value is -1.79. The van der Waals surface area contributed by atoms with Crippen LogP contribution in [0.25, 0.3) is 0 Å². The third-order valence-corrected chi connectivity index (χ3v) is 4.56. The second kappa shape index (κ2) is 12.9. The first-order valence-corrected chi connectivity index (χ1v) is 11.0. The molecule has 0 spiro atoms. The molecule has 0 atom stereocenters. The van der Waals surface area contributed by atoms with Gasteiger partial charge in [-0.25, -0.2) is 4.79 Å². The number of benzene rings is 2. The maximum Gasteiger partial charge on any atom is 0.338 e. The van der Waals surface area contributed by atoms with E-state index in [1.54, 1.807) is 36.4 Å². The summed E-state index contributed by atoms with van der Waals surface area (Å²) in [6.45, 7) is 4.49. The van der Waals surface area contributed by atoms with Crippen molar-refractivity contribution in [3.8, 4) is 17.2 Å². The summed E-state index contributed by atoms with van der Waals surface area (Å²) < 4.78 is 22.0. The van der Waals surface area contributed by atoms with Crippen LogP contribution in [0.5, 0.6) is 17.2 Å². The highest BCUT2D eigenvalue weighted by atomic mass is 35.5. The highest BCUT2D eigenvalue weighted by Gasteiger charge is 2.12. The highest BCUT2D eigenvalue weighted by Crippen LogP contribution is 2.37. The van der Waals surface area contributed by atoms with Gasteiger partial charge in [-0.2, -0.15) is 0 Å². The fourth-order valence-electron chi connectivity index (χ4n) is 2.38. The minimum absolute atomic E-state index is 0.0654. The number of ether oxygens (including phenoxy) is 4. The number of carbonyl (C=O) groups excluding carboxylic acids is 1. The van der Waals surface area contributed by atoms with Crippen molar-refractivity contribution in [3.63, 3.8) is 0 Å². The van der Waals surface area contributed by atoms with Crippen molar-refractivity contribution in [2.45, 2.75) is 26.4 Å². The van der Waals surface area contributed by atoms with Gasteiger partial charge >= 0.3 is 5.97 Å². The maximum atomic E-state index is 12.1. The minimum atomic E-state index is -0.417. The molecule has 2 aromatic rings. The summed E-state index contributed by atoms with van der Waals surface area (Å²) in [5.41, 5.74) is 0.448. The zero-order valence-electron chi connectivity index (χ0n) is 17.0. The van der Waals surface area contributed by atoms with Gasteiger partial charge in [0.15, 0.2) is 5.75 Å². The highest BCUT2D eigenvalue weighted by molar-refractivity contribution is 6.55. The molecule has 0 saturated carbocycles. The lowest BCUT2D eigenvalue weighted by Crippen LogP contribution is -2.10. The molecule has 31 heavy (non-hydrogen) atoms. The summed E-state index contributed by atoms with van der Waals surface area (Å²) in [6.07, 6.45) is 2.02. The van der Waals surface area contributed by atoms with E-state index in [9.17, 15) is 4.79 Å². The predicted molar refractivity (Wildman–Crippen MR) is 124 cm³/mol. The molecule has 0 heterocycles. The van der Waals surface area contributed by atoms with Crippen LogP contribution in [0.4, 0.5) is 0 Å². The molecule has 0 bridgehead atoms. The van der Waals surface area contributed by atoms with Crippen LogP contribution < -0.4 is 14.2 Å². The summed E-state index contributed by atoms with van der Waals surface area (Å²) in [4.78, 5) is 12.1. The minimum Gasteiger partial charge on any atom is -0.491 e. The van der Waals surface area contributed by atoms with Gasteiger partial charge in [0.25, 0.3) is 0 Å². The molecule has 2 aromatic carbocycles. The van der Waals surface area contributed by atoms with Crippen molar-refractivity contribution in [2.24, 2.45) is 0 Å². The van der Waals surface area contributed by atoms with Crippen molar-refractivity contribution in [2.75, 3.05) is 19.8 Å². The zero-order chi connectivity index (χ0) is 22.8. The van der Waals surface area contributed by atoms with Gasteiger partial charge in [-0.05, 0) is 44.2 Å². The Labute approximate surface area is 201 Å². The van der Waals surface area contributed by atoms with E-state index in [1.807, 2.05) is 13.8 Å². The third kappa shape index (κ3) is 9.08. The molecule has 0 unspecified atom stereocenters. The predicted octanol–water partition coefficient (Wildman–Crippen LogP) is 7.10. The number of halogens is 4. The van der Waals surface area contributed by atoms with Crippen molar-refractivity contribution in [1.29, 1.82) is 0 Å². The van der Waals surface area contributed by atoms with Gasteiger partial charge in [0.2, 0.25) is 0 Å². The van der Waals surface area contributed by atoms with Crippen LogP contribution in [0.1, 0.15) is 30.6 Å². The monoisotopic (exact) mass is 506 g/mol. The van der Waals surface area contributed by atoms with E-state index in [4.69, 9.17) is 65.4 Å². The first-order chi connectivity index (χ1) is 14.8. The molecular formula is C22H22Cl4O5. The van der Waals surface area contributed by atoms with Crippen molar-refractivity contribution in [1.82, 2.24) is 0 Å². The molecule has 0 aliphatic heterocycles. The van der Waals surface area contributed by atoms with Gasteiger partial charge in [0, 0.05) is 18.6 Å². The number of hydrogen-bond acceptors (Lipinski definition) is 5. The van der Waals surface area contributed by atoms with E-state index in [1.165, 1.54) is 6.08 Å². The number of carbonyl (C=O) groups is 1. The summed E-state index contributed by atoms with van der Waals surface area (Å²) in [5.74, 6) is 1.06. The van der Waals surface area contributed by atoms with Gasteiger partial charge in [-0.15, -0.1) is 0 Å². The first kappa shape index (κ1) is 25.5. The van der Waals surface area contributed by atoms with Crippen LogP contribution in [0.15, 0.2) is 47.0 Å². The normalized spacial score (nSPS) is 10.5. The van der Waals surface area contributed by atoms with E-state index in [-0.39, 0.29) is 30.4 Å². The summed E-state index contributed by atoms with van der Waals surface area (Å²) in [7, 11) is 0. The van der Waals surface area contributed by atoms with E-state index in [2.05, 4.69) is 0 Å². The molecule has 0 fully saturated rings. The Balaban J connectivity index is 1.77. The van der Waals surface area contributed by atoms with Crippen molar-refractivity contribution in [3.05, 3.63) is 62.6 Å². The molecule has 5 nitrogen and oxygen atoms in total. The molecule has 0 saturated heterocycles. The number of esters is 1. The van der Waals surface area contributed by atoms with Gasteiger partial charge in [-0.3, -0.25) is 0 Å². The second-order valence-corrected chi connectivity index (χ2v) is 8.37. The smallest absolute Gasteiger partial charge is 0.338 e. The fourth-order valence-corrected chi connectivity index (χ4v) is 3.08. The average molecular weight is 508 g/mol. The van der Waals surface area contributed by atoms with Crippen molar-refractivity contribution >= 4 is 52.4 Å². The SMILES string of the molecule is CC(C)Oc1ccc(C(=O)OCCCOc2c(Cl)cc(OCC=C(Cl)Cl)cc2Cl)cc1. The molecule has 9 heteroatoms. The molecule has 0 aliphatic rings. The summed E-state index contributed by atoms with van der Waals surface area (Å²) >= 11 is 23.5. The Morgan fingerprint density at radius 1 is 0.968 bits per heavy atom. The van der Waals surface area contributed by atoms with Crippen LogP contribution in [0, 0.1) is 0 Å².